The summed E-state index contributed by atoms with van der Waals surface area (Å²) in [5.41, 5.74) is -1.72. The van der Waals surface area contributed by atoms with Crippen molar-refractivity contribution >= 4 is 23.4 Å². The van der Waals surface area contributed by atoms with Gasteiger partial charge in [0.2, 0.25) is 11.8 Å². The third kappa shape index (κ3) is 7.94. The first kappa shape index (κ1) is 33.4. The fourth-order valence-electron chi connectivity index (χ4n) is 4.64. The van der Waals surface area contributed by atoms with Gasteiger partial charge in [0.15, 0.2) is 0 Å². The van der Waals surface area contributed by atoms with Crippen LogP contribution in [0.2, 0.25) is 0 Å². The maximum Gasteiger partial charge on any atom is 0.417 e. The molecule has 0 aromatic heterocycles. The molecule has 2 aliphatic heterocycles. The van der Waals surface area contributed by atoms with Gasteiger partial charge in [0, 0.05) is 50.2 Å². The number of fused-ring (bicyclic) bond motifs is 1. The molecule has 0 unspecified atom stereocenters. The number of hydrogen-bond donors (Lipinski definition) is 2. The maximum atomic E-state index is 14.1. The highest BCUT2D eigenvalue weighted by atomic mass is 19.4. The van der Waals surface area contributed by atoms with Crippen molar-refractivity contribution in [3.63, 3.8) is 0 Å². The van der Waals surface area contributed by atoms with E-state index < -0.39 is 28.6 Å². The number of carbonyl (C=O) groups excluding carboxylic acids is 3. The Morgan fingerprint density at radius 1 is 1.18 bits per heavy atom. The Morgan fingerprint density at radius 2 is 1.82 bits per heavy atom. The van der Waals surface area contributed by atoms with Crippen LogP contribution in [0.4, 0.5) is 18.9 Å². The van der Waals surface area contributed by atoms with Gasteiger partial charge in [-0.05, 0) is 43.5 Å². The first-order valence-electron chi connectivity index (χ1n) is 13.7. The molecule has 1 aromatic rings. The lowest BCUT2D eigenvalue weighted by Gasteiger charge is -2.39. The topological polar surface area (TPSA) is 81.8 Å². The predicted molar refractivity (Wildman–Crippen MR) is 145 cm³/mol. The Hall–Kier alpha value is -2.62. The summed E-state index contributed by atoms with van der Waals surface area (Å²) >= 11 is 0. The van der Waals surface area contributed by atoms with E-state index in [1.807, 2.05) is 27.7 Å². The van der Waals surface area contributed by atoms with E-state index in [9.17, 15) is 27.6 Å². The van der Waals surface area contributed by atoms with Gasteiger partial charge in [0.25, 0.3) is 5.91 Å². The van der Waals surface area contributed by atoms with Crippen LogP contribution in [0.25, 0.3) is 0 Å². The number of nitrogens with zero attached hydrogens (tertiary/aromatic N) is 2. The van der Waals surface area contributed by atoms with Crippen molar-refractivity contribution in [1.29, 1.82) is 0 Å². The van der Waals surface area contributed by atoms with Crippen molar-refractivity contribution in [2.24, 2.45) is 5.41 Å². The number of piperidine rings is 1. The molecule has 0 radical (unpaired) electrons. The molecule has 0 saturated carbocycles. The molecule has 3 rings (SSSR count). The number of amides is 3. The molecule has 1 saturated heterocycles. The van der Waals surface area contributed by atoms with Crippen molar-refractivity contribution in [2.75, 3.05) is 38.1 Å². The summed E-state index contributed by atoms with van der Waals surface area (Å²) in [5.74, 6) is -1.16. The van der Waals surface area contributed by atoms with Crippen molar-refractivity contribution in [2.45, 2.75) is 86.4 Å². The summed E-state index contributed by atoms with van der Waals surface area (Å²) in [7, 11) is 1.52. The van der Waals surface area contributed by atoms with E-state index in [0.717, 1.165) is 19.0 Å². The van der Waals surface area contributed by atoms with Crippen LogP contribution in [0, 0.1) is 5.41 Å². The molecule has 0 aliphatic carbocycles. The minimum Gasteiger partial charge on any atom is -0.354 e. The predicted octanol–water partition coefficient (Wildman–Crippen LogP) is 5.02. The smallest absolute Gasteiger partial charge is 0.354 e. The first-order chi connectivity index (χ1) is 17.9. The van der Waals surface area contributed by atoms with Crippen LogP contribution in [0.15, 0.2) is 12.1 Å². The highest BCUT2D eigenvalue weighted by Gasteiger charge is 2.43. The van der Waals surface area contributed by atoms with E-state index in [0.29, 0.717) is 24.2 Å². The fraction of sp³-hybridized carbons (Fsp3) is 0.679. The highest BCUT2D eigenvalue weighted by Crippen LogP contribution is 2.42. The third-order valence-electron chi connectivity index (χ3n) is 6.62. The monoisotopic (exact) mass is 542 g/mol. The number of benzene rings is 1. The minimum absolute atomic E-state index is 0.0996. The van der Waals surface area contributed by atoms with Gasteiger partial charge in [0.1, 0.15) is 0 Å². The molecule has 216 valence electrons. The molecule has 2 N–H and O–H groups in total. The second-order valence-corrected chi connectivity index (χ2v) is 9.66. The zero-order chi connectivity index (χ0) is 29.3. The standard InChI is InChI=1S/C24H33F3N4O3.2C2H6/c1-5-20(32)29-9-10-31-19-12-17(21(33)30(4)16-7-6-8-28-14-16)18(24(25,26)27)11-15(19)13-23(2,3)22(31)34;2*1-2/h11-12,16,28H,5-10,13-14H2,1-4H3,(H,29,32);2*1-2H3/t16-;;/m1../s1. The van der Waals surface area contributed by atoms with Crippen LogP contribution in [-0.2, 0) is 22.2 Å². The summed E-state index contributed by atoms with van der Waals surface area (Å²) in [4.78, 5) is 40.9. The second kappa shape index (κ2) is 14.5. The lowest BCUT2D eigenvalue weighted by atomic mass is 9.79. The molecular formula is C28H45F3N4O3. The quantitative estimate of drug-likeness (QED) is 0.529. The van der Waals surface area contributed by atoms with Crippen molar-refractivity contribution in [3.05, 3.63) is 28.8 Å². The second-order valence-electron chi connectivity index (χ2n) is 9.66. The number of halogens is 3. The van der Waals surface area contributed by atoms with Gasteiger partial charge in [-0.2, -0.15) is 13.2 Å². The molecule has 10 heteroatoms. The van der Waals surface area contributed by atoms with Gasteiger partial charge in [0.05, 0.1) is 11.1 Å². The van der Waals surface area contributed by atoms with Crippen LogP contribution in [0.1, 0.15) is 89.2 Å². The minimum atomic E-state index is -4.72. The molecule has 2 heterocycles. The Labute approximate surface area is 225 Å². The van der Waals surface area contributed by atoms with Crippen LogP contribution in [0.3, 0.4) is 0 Å². The number of likely N-dealkylation sites (N-methyl/N-ethyl adjacent to an activating group) is 1. The van der Waals surface area contributed by atoms with E-state index in [2.05, 4.69) is 10.6 Å². The molecule has 1 fully saturated rings. The Kier molecular flexibility index (Phi) is 12.8. The first-order valence-corrected chi connectivity index (χ1v) is 13.7. The van der Waals surface area contributed by atoms with Gasteiger partial charge in [-0.3, -0.25) is 14.4 Å². The molecule has 2 aliphatic rings. The van der Waals surface area contributed by atoms with Gasteiger partial charge in [-0.25, -0.2) is 0 Å². The highest BCUT2D eigenvalue weighted by molar-refractivity contribution is 6.03. The Balaban J connectivity index is 0.00000172. The molecule has 0 bridgehead atoms. The lowest BCUT2D eigenvalue weighted by Crippen LogP contribution is -2.49. The number of alkyl halides is 3. The average molecular weight is 543 g/mol. The summed E-state index contributed by atoms with van der Waals surface area (Å²) in [5, 5.41) is 5.87. The molecule has 0 spiro atoms. The number of carbonyl (C=O) groups is 3. The van der Waals surface area contributed by atoms with Crippen LogP contribution >= 0.6 is 0 Å². The van der Waals surface area contributed by atoms with E-state index in [4.69, 9.17) is 0 Å². The van der Waals surface area contributed by atoms with Crippen molar-refractivity contribution in [3.8, 4) is 0 Å². The summed E-state index contributed by atoms with van der Waals surface area (Å²) in [6, 6.07) is 2.02. The van der Waals surface area contributed by atoms with Crippen LogP contribution in [-0.4, -0.2) is 61.9 Å². The fourth-order valence-corrected chi connectivity index (χ4v) is 4.64. The van der Waals surface area contributed by atoms with Crippen molar-refractivity contribution in [1.82, 2.24) is 15.5 Å². The molecule has 1 aromatic carbocycles. The van der Waals surface area contributed by atoms with Crippen LogP contribution < -0.4 is 15.5 Å². The SMILES string of the molecule is CC.CC.CCC(=O)NCCN1C(=O)C(C)(C)Cc2cc(C(F)(F)F)c(C(=O)N(C)[C@@H]3CCCNC3)cc21. The number of anilines is 1. The van der Waals surface area contributed by atoms with E-state index >= 15 is 0 Å². The van der Waals surface area contributed by atoms with Gasteiger partial charge in [-0.1, -0.05) is 48.5 Å². The molecule has 1 atom stereocenters. The van der Waals surface area contributed by atoms with E-state index in [1.165, 1.54) is 22.9 Å². The summed E-state index contributed by atoms with van der Waals surface area (Å²) in [6.07, 6.45) is -2.78. The Morgan fingerprint density at radius 3 is 2.34 bits per heavy atom. The molecule has 38 heavy (non-hydrogen) atoms. The van der Waals surface area contributed by atoms with Gasteiger partial charge < -0.3 is 20.4 Å². The zero-order valence-electron chi connectivity index (χ0n) is 24.1. The van der Waals surface area contributed by atoms with E-state index in [-0.39, 0.29) is 43.8 Å². The number of hydrogen-bond acceptors (Lipinski definition) is 4. The Bertz CT molecular complexity index is 957. The lowest BCUT2D eigenvalue weighted by molar-refractivity contribution is -0.138. The number of rotatable bonds is 6. The van der Waals surface area contributed by atoms with Crippen molar-refractivity contribution < 1.29 is 27.6 Å². The van der Waals surface area contributed by atoms with Gasteiger partial charge in [-0.15, -0.1) is 0 Å². The number of nitrogens with one attached hydrogen (secondary N) is 2. The molecule has 7 nitrogen and oxygen atoms in total. The van der Waals surface area contributed by atoms with E-state index in [1.54, 1.807) is 20.8 Å². The molecule has 3 amide bonds. The normalized spacial score (nSPS) is 18.2. The largest absolute Gasteiger partial charge is 0.417 e. The maximum absolute atomic E-state index is 14.1. The van der Waals surface area contributed by atoms with Crippen LogP contribution in [0.5, 0.6) is 0 Å². The summed E-state index contributed by atoms with van der Waals surface area (Å²) in [6.45, 7) is 14.7. The zero-order valence-corrected chi connectivity index (χ0v) is 24.1. The van der Waals surface area contributed by atoms with Gasteiger partial charge >= 0.3 is 6.18 Å². The summed E-state index contributed by atoms with van der Waals surface area (Å²) < 4.78 is 42.2. The average Bonchev–Trinajstić information content (AvgIpc) is 2.91. The third-order valence-corrected chi connectivity index (χ3v) is 6.62. The molecular weight excluding hydrogens is 497 g/mol.